The third-order valence-corrected chi connectivity index (χ3v) is 4.17. The van der Waals surface area contributed by atoms with E-state index in [4.69, 9.17) is 10.8 Å². The summed E-state index contributed by atoms with van der Waals surface area (Å²) in [4.78, 5) is 0.748. The first-order valence-electron chi connectivity index (χ1n) is 6.00. The molecule has 0 radical (unpaired) electrons. The Morgan fingerprint density at radius 2 is 1.94 bits per heavy atom. The van der Waals surface area contributed by atoms with E-state index in [9.17, 15) is 4.21 Å². The molecule has 0 saturated heterocycles. The Morgan fingerprint density at radius 1 is 1.24 bits per heavy atom. The highest BCUT2D eigenvalue weighted by Crippen LogP contribution is 2.19. The molecule has 3 N–H and O–H groups in total. The molecule has 0 aromatic heterocycles. The van der Waals surface area contributed by atoms with Crippen LogP contribution in [0.15, 0.2) is 23.1 Å². The van der Waals surface area contributed by atoms with Gasteiger partial charge in [0, 0.05) is 18.0 Å². The molecular weight excluding hydrogens is 234 g/mol. The van der Waals surface area contributed by atoms with E-state index in [1.165, 1.54) is 0 Å². The van der Waals surface area contributed by atoms with Crippen LogP contribution in [0, 0.1) is 6.92 Å². The predicted octanol–water partition coefficient (Wildman–Crippen LogP) is 2.24. The summed E-state index contributed by atoms with van der Waals surface area (Å²) in [5, 5.41) is 8.64. The van der Waals surface area contributed by atoms with Gasteiger partial charge in [-0.1, -0.05) is 18.9 Å². The summed E-state index contributed by atoms with van der Waals surface area (Å²) in [6.07, 6.45) is 3.76. The molecule has 3 nitrogen and oxygen atoms in total. The number of benzene rings is 1. The van der Waals surface area contributed by atoms with Gasteiger partial charge in [0.1, 0.15) is 0 Å². The highest BCUT2D eigenvalue weighted by Gasteiger charge is 2.07. The fourth-order valence-corrected chi connectivity index (χ4v) is 2.91. The smallest absolute Gasteiger partial charge is 0.0617 e. The topological polar surface area (TPSA) is 63.3 Å². The van der Waals surface area contributed by atoms with Crippen molar-refractivity contribution in [2.75, 3.05) is 18.1 Å². The first-order chi connectivity index (χ1) is 8.15. The number of aliphatic hydroxyl groups excluding tert-OH is 1. The van der Waals surface area contributed by atoms with Crippen molar-refractivity contribution < 1.29 is 9.32 Å². The fourth-order valence-electron chi connectivity index (χ4n) is 1.68. The van der Waals surface area contributed by atoms with Crippen molar-refractivity contribution in [2.24, 2.45) is 0 Å². The maximum atomic E-state index is 12.0. The molecule has 0 heterocycles. The summed E-state index contributed by atoms with van der Waals surface area (Å²) in [5.41, 5.74) is 7.56. The lowest BCUT2D eigenvalue weighted by Gasteiger charge is -2.06. The molecule has 0 aliphatic carbocycles. The summed E-state index contributed by atoms with van der Waals surface area (Å²) in [5.74, 6) is 0.651. The largest absolute Gasteiger partial charge is 0.398 e. The quantitative estimate of drug-likeness (QED) is 0.580. The second-order valence-corrected chi connectivity index (χ2v) is 5.77. The van der Waals surface area contributed by atoms with Crippen molar-refractivity contribution in [3.05, 3.63) is 23.8 Å². The summed E-state index contributed by atoms with van der Waals surface area (Å²) < 4.78 is 12.0. The van der Waals surface area contributed by atoms with E-state index in [1.54, 1.807) is 0 Å². The molecule has 0 aliphatic heterocycles. The number of hydrogen-bond donors (Lipinski definition) is 2. The molecule has 0 bridgehead atoms. The van der Waals surface area contributed by atoms with Gasteiger partial charge in [0.2, 0.25) is 0 Å². The maximum Gasteiger partial charge on any atom is 0.0617 e. The van der Waals surface area contributed by atoms with E-state index < -0.39 is 10.8 Å². The molecule has 1 aromatic rings. The fraction of sp³-hybridized carbons (Fsp3) is 0.538. The number of anilines is 1. The van der Waals surface area contributed by atoms with Crippen LogP contribution in [0.3, 0.4) is 0 Å². The third-order valence-electron chi connectivity index (χ3n) is 2.65. The number of nitrogens with two attached hydrogens (primary N) is 1. The lowest BCUT2D eigenvalue weighted by molar-refractivity contribution is 0.283. The second kappa shape index (κ2) is 7.45. The average molecular weight is 255 g/mol. The average Bonchev–Trinajstić information content (AvgIpc) is 2.28. The van der Waals surface area contributed by atoms with Crippen LogP contribution in [-0.2, 0) is 10.8 Å². The van der Waals surface area contributed by atoms with E-state index >= 15 is 0 Å². The second-order valence-electron chi connectivity index (χ2n) is 4.23. The van der Waals surface area contributed by atoms with Gasteiger partial charge in [-0.25, -0.2) is 0 Å². The van der Waals surface area contributed by atoms with Gasteiger partial charge in [-0.2, -0.15) is 0 Å². The van der Waals surface area contributed by atoms with Crippen LogP contribution < -0.4 is 5.73 Å². The Labute approximate surface area is 105 Å². The lowest BCUT2D eigenvalue weighted by atomic mass is 10.2. The number of aliphatic hydroxyl groups is 1. The van der Waals surface area contributed by atoms with Gasteiger partial charge in [-0.3, -0.25) is 4.21 Å². The molecule has 1 rings (SSSR count). The van der Waals surface area contributed by atoms with E-state index in [-0.39, 0.29) is 6.61 Å². The minimum Gasteiger partial charge on any atom is -0.398 e. The normalized spacial score (nSPS) is 12.6. The Hall–Kier alpha value is -0.870. The molecule has 0 spiro atoms. The van der Waals surface area contributed by atoms with Crippen LogP contribution in [0.4, 0.5) is 5.69 Å². The Balaban J connectivity index is 2.42. The molecule has 0 aliphatic rings. The van der Waals surface area contributed by atoms with Crippen molar-refractivity contribution in [1.82, 2.24) is 0 Å². The monoisotopic (exact) mass is 255 g/mol. The molecule has 0 amide bonds. The molecule has 4 heteroatoms. The first kappa shape index (κ1) is 14.2. The number of unbranched alkanes of at least 4 members (excludes halogenated alkanes) is 3. The van der Waals surface area contributed by atoms with E-state index in [2.05, 4.69) is 0 Å². The predicted molar refractivity (Wildman–Crippen MR) is 72.4 cm³/mol. The minimum atomic E-state index is -0.996. The summed E-state index contributed by atoms with van der Waals surface area (Å²) in [7, 11) is -0.996. The number of nitrogen functional groups attached to an aromatic ring is 1. The number of rotatable bonds is 7. The highest BCUT2D eigenvalue weighted by molar-refractivity contribution is 7.85. The van der Waals surface area contributed by atoms with Gasteiger partial charge in [-0.15, -0.1) is 0 Å². The molecule has 1 unspecified atom stereocenters. The summed E-state index contributed by atoms with van der Waals surface area (Å²) in [6.45, 7) is 2.21. The van der Waals surface area contributed by atoms with Gasteiger partial charge in [-0.05, 0) is 37.5 Å². The van der Waals surface area contributed by atoms with Crippen LogP contribution in [0.1, 0.15) is 31.2 Å². The zero-order valence-corrected chi connectivity index (χ0v) is 11.1. The molecular formula is C13H21NO2S. The summed E-state index contributed by atoms with van der Waals surface area (Å²) >= 11 is 0. The van der Waals surface area contributed by atoms with Crippen LogP contribution in [-0.4, -0.2) is 21.7 Å². The van der Waals surface area contributed by atoms with Crippen molar-refractivity contribution >= 4 is 16.5 Å². The van der Waals surface area contributed by atoms with Crippen molar-refractivity contribution in [3.63, 3.8) is 0 Å². The third kappa shape index (κ3) is 4.88. The van der Waals surface area contributed by atoms with Crippen molar-refractivity contribution in [2.45, 2.75) is 37.5 Å². The van der Waals surface area contributed by atoms with E-state index in [0.717, 1.165) is 36.1 Å². The van der Waals surface area contributed by atoms with E-state index in [0.29, 0.717) is 11.4 Å². The number of hydrogen-bond acceptors (Lipinski definition) is 3. The van der Waals surface area contributed by atoms with Crippen LogP contribution >= 0.6 is 0 Å². The van der Waals surface area contributed by atoms with E-state index in [1.807, 2.05) is 25.1 Å². The van der Waals surface area contributed by atoms with Gasteiger partial charge in [0.05, 0.1) is 15.7 Å². The van der Waals surface area contributed by atoms with Gasteiger partial charge in [0.25, 0.3) is 0 Å². The van der Waals surface area contributed by atoms with Crippen LogP contribution in [0.5, 0.6) is 0 Å². The van der Waals surface area contributed by atoms with Gasteiger partial charge >= 0.3 is 0 Å². The highest BCUT2D eigenvalue weighted by atomic mass is 32.2. The molecule has 0 fully saturated rings. The molecule has 0 saturated carbocycles. The van der Waals surface area contributed by atoms with Crippen LogP contribution in [0.2, 0.25) is 0 Å². The Bertz CT molecular complexity index is 380. The number of aryl methyl sites for hydroxylation is 1. The molecule has 1 aromatic carbocycles. The maximum absolute atomic E-state index is 12.0. The zero-order valence-electron chi connectivity index (χ0n) is 10.3. The summed E-state index contributed by atoms with van der Waals surface area (Å²) in [6, 6.07) is 5.66. The van der Waals surface area contributed by atoms with Gasteiger partial charge < -0.3 is 10.8 Å². The first-order valence-corrected chi connectivity index (χ1v) is 7.32. The minimum absolute atomic E-state index is 0.244. The van der Waals surface area contributed by atoms with Crippen LogP contribution in [0.25, 0.3) is 0 Å². The zero-order chi connectivity index (χ0) is 12.7. The Morgan fingerprint density at radius 3 is 2.59 bits per heavy atom. The standard InChI is InChI=1S/C13H21NO2S/c1-11-6-7-13(12(14)10-11)17(16)9-5-3-2-4-8-15/h6-7,10,15H,2-5,8-9,14H2,1H3. The molecule has 1 atom stereocenters. The Kier molecular flexibility index (Phi) is 6.22. The van der Waals surface area contributed by atoms with Gasteiger partial charge in [0.15, 0.2) is 0 Å². The molecule has 96 valence electrons. The SMILES string of the molecule is Cc1ccc(S(=O)CCCCCCO)c(N)c1. The van der Waals surface area contributed by atoms with Crippen molar-refractivity contribution in [1.29, 1.82) is 0 Å². The van der Waals surface area contributed by atoms with Crippen molar-refractivity contribution in [3.8, 4) is 0 Å². The molecule has 17 heavy (non-hydrogen) atoms. The lowest BCUT2D eigenvalue weighted by Crippen LogP contribution is -2.02.